The van der Waals surface area contributed by atoms with Crippen LogP contribution in [0.15, 0.2) is 30.3 Å². The molecule has 3 heteroatoms. The molecular formula is C9H10O3. The van der Waals surface area contributed by atoms with Crippen LogP contribution in [-0.2, 0) is 4.74 Å². The van der Waals surface area contributed by atoms with Gasteiger partial charge in [-0.2, -0.15) is 0 Å². The number of carbonyl (C=O) groups excluding carboxylic acids is 1. The summed E-state index contributed by atoms with van der Waals surface area (Å²) in [5, 5.41) is 8.74. The number of benzene rings is 1. The van der Waals surface area contributed by atoms with Crippen LogP contribution in [0.4, 0.5) is 0 Å². The number of ether oxygens (including phenoxy) is 1. The summed E-state index contributed by atoms with van der Waals surface area (Å²) >= 11 is 0. The van der Waals surface area contributed by atoms with E-state index in [2.05, 4.69) is 4.74 Å². The van der Waals surface area contributed by atoms with E-state index in [1.165, 1.54) is 6.92 Å². The van der Waals surface area contributed by atoms with Gasteiger partial charge in [0.15, 0.2) is 6.29 Å². The zero-order chi connectivity index (χ0) is 8.97. The Hall–Kier alpha value is -1.35. The van der Waals surface area contributed by atoms with Crippen LogP contribution in [0.2, 0.25) is 0 Å². The number of rotatable bonds is 2. The van der Waals surface area contributed by atoms with E-state index < -0.39 is 12.3 Å². The molecule has 0 aromatic heterocycles. The van der Waals surface area contributed by atoms with Crippen LogP contribution < -0.4 is 0 Å². The van der Waals surface area contributed by atoms with E-state index in [0.717, 1.165) is 0 Å². The molecule has 0 aliphatic carbocycles. The topological polar surface area (TPSA) is 46.5 Å². The minimum absolute atomic E-state index is 0.443. The van der Waals surface area contributed by atoms with Gasteiger partial charge in [-0.1, -0.05) is 18.2 Å². The Morgan fingerprint density at radius 3 is 2.50 bits per heavy atom. The standard InChI is InChI=1S/C9H10O3/c1-7(10)12-9(11)8-5-3-2-4-6-8/h2-7,10H,1H3. The molecule has 1 N–H and O–H groups in total. The second-order valence-corrected chi connectivity index (χ2v) is 2.37. The molecule has 12 heavy (non-hydrogen) atoms. The summed E-state index contributed by atoms with van der Waals surface area (Å²) in [6, 6.07) is 8.53. The van der Waals surface area contributed by atoms with Crippen LogP contribution in [0.5, 0.6) is 0 Å². The highest BCUT2D eigenvalue weighted by Gasteiger charge is 2.07. The minimum Gasteiger partial charge on any atom is -0.433 e. The Bertz CT molecular complexity index is 254. The first kappa shape index (κ1) is 8.74. The van der Waals surface area contributed by atoms with Crippen molar-refractivity contribution < 1.29 is 14.6 Å². The van der Waals surface area contributed by atoms with E-state index in [4.69, 9.17) is 5.11 Å². The monoisotopic (exact) mass is 166 g/mol. The van der Waals surface area contributed by atoms with Crippen molar-refractivity contribution in [3.05, 3.63) is 35.9 Å². The molecule has 0 aliphatic heterocycles. The molecule has 3 nitrogen and oxygen atoms in total. The van der Waals surface area contributed by atoms with E-state index >= 15 is 0 Å². The Morgan fingerprint density at radius 1 is 1.42 bits per heavy atom. The quantitative estimate of drug-likeness (QED) is 0.530. The summed E-state index contributed by atoms with van der Waals surface area (Å²) in [4.78, 5) is 11.1. The smallest absolute Gasteiger partial charge is 0.340 e. The normalized spacial score (nSPS) is 12.2. The zero-order valence-electron chi connectivity index (χ0n) is 6.73. The first-order valence-corrected chi connectivity index (χ1v) is 3.64. The van der Waals surface area contributed by atoms with E-state index in [1.54, 1.807) is 30.3 Å². The van der Waals surface area contributed by atoms with Gasteiger partial charge in [-0.3, -0.25) is 0 Å². The Balaban J connectivity index is 2.66. The zero-order valence-corrected chi connectivity index (χ0v) is 6.73. The van der Waals surface area contributed by atoms with Crippen molar-refractivity contribution in [3.63, 3.8) is 0 Å². The van der Waals surface area contributed by atoms with Gasteiger partial charge >= 0.3 is 5.97 Å². The molecule has 1 aromatic rings. The van der Waals surface area contributed by atoms with Gasteiger partial charge in [0.2, 0.25) is 0 Å². The third kappa shape index (κ3) is 2.36. The number of esters is 1. The number of hydrogen-bond donors (Lipinski definition) is 1. The molecule has 0 saturated heterocycles. The summed E-state index contributed by atoms with van der Waals surface area (Å²) in [5.74, 6) is -0.509. The molecule has 0 amide bonds. The van der Waals surface area contributed by atoms with Crippen molar-refractivity contribution in [3.8, 4) is 0 Å². The molecule has 64 valence electrons. The van der Waals surface area contributed by atoms with Gasteiger partial charge in [-0.15, -0.1) is 0 Å². The van der Waals surface area contributed by atoms with Crippen molar-refractivity contribution in [2.45, 2.75) is 13.2 Å². The molecule has 1 aromatic carbocycles. The lowest BCUT2D eigenvalue weighted by molar-refractivity contribution is -0.0523. The maximum absolute atomic E-state index is 11.1. The first-order chi connectivity index (χ1) is 5.70. The molecule has 0 heterocycles. The Morgan fingerprint density at radius 2 is 2.00 bits per heavy atom. The maximum Gasteiger partial charge on any atom is 0.340 e. The fourth-order valence-corrected chi connectivity index (χ4v) is 0.797. The fourth-order valence-electron chi connectivity index (χ4n) is 0.797. The third-order valence-corrected chi connectivity index (χ3v) is 1.29. The Kier molecular flexibility index (Phi) is 2.82. The summed E-state index contributed by atoms with van der Waals surface area (Å²) in [7, 11) is 0. The molecule has 0 bridgehead atoms. The van der Waals surface area contributed by atoms with Gasteiger partial charge in [0, 0.05) is 0 Å². The van der Waals surface area contributed by atoms with Gasteiger partial charge in [-0.05, 0) is 19.1 Å². The second-order valence-electron chi connectivity index (χ2n) is 2.37. The summed E-state index contributed by atoms with van der Waals surface area (Å²) in [5.41, 5.74) is 0.443. The van der Waals surface area contributed by atoms with Crippen molar-refractivity contribution >= 4 is 5.97 Å². The maximum atomic E-state index is 11.1. The third-order valence-electron chi connectivity index (χ3n) is 1.29. The van der Waals surface area contributed by atoms with Crippen LogP contribution in [0.1, 0.15) is 17.3 Å². The van der Waals surface area contributed by atoms with E-state index in [0.29, 0.717) is 5.56 Å². The highest BCUT2D eigenvalue weighted by molar-refractivity contribution is 5.89. The van der Waals surface area contributed by atoms with E-state index in [9.17, 15) is 4.79 Å². The number of hydrogen-bond acceptors (Lipinski definition) is 3. The second kappa shape index (κ2) is 3.88. The predicted octanol–water partition coefficient (Wildman–Crippen LogP) is 1.18. The molecule has 1 rings (SSSR count). The lowest BCUT2D eigenvalue weighted by Gasteiger charge is -2.05. The summed E-state index contributed by atoms with van der Waals surface area (Å²) in [6.45, 7) is 1.39. The molecule has 0 fully saturated rings. The predicted molar refractivity (Wildman–Crippen MR) is 43.5 cm³/mol. The van der Waals surface area contributed by atoms with Crippen molar-refractivity contribution in [2.75, 3.05) is 0 Å². The number of aliphatic hydroxyl groups is 1. The summed E-state index contributed by atoms with van der Waals surface area (Å²) < 4.78 is 4.55. The van der Waals surface area contributed by atoms with E-state index in [-0.39, 0.29) is 0 Å². The Labute approximate surface area is 70.6 Å². The highest BCUT2D eigenvalue weighted by atomic mass is 16.6. The van der Waals surface area contributed by atoms with Crippen LogP contribution in [0.3, 0.4) is 0 Å². The van der Waals surface area contributed by atoms with Gasteiger partial charge in [0.1, 0.15) is 0 Å². The summed E-state index contributed by atoms with van der Waals surface area (Å²) in [6.07, 6.45) is -1.06. The number of aliphatic hydroxyl groups excluding tert-OH is 1. The molecule has 0 saturated carbocycles. The SMILES string of the molecule is CC(O)OC(=O)c1ccccc1. The van der Waals surface area contributed by atoms with Crippen LogP contribution in [-0.4, -0.2) is 17.4 Å². The fraction of sp³-hybridized carbons (Fsp3) is 0.222. The van der Waals surface area contributed by atoms with Crippen molar-refractivity contribution in [1.82, 2.24) is 0 Å². The van der Waals surface area contributed by atoms with E-state index in [1.807, 2.05) is 0 Å². The minimum atomic E-state index is -1.06. The lowest BCUT2D eigenvalue weighted by atomic mass is 10.2. The molecule has 1 atom stereocenters. The average molecular weight is 166 g/mol. The van der Waals surface area contributed by atoms with Crippen molar-refractivity contribution in [2.24, 2.45) is 0 Å². The van der Waals surface area contributed by atoms with Crippen molar-refractivity contribution in [1.29, 1.82) is 0 Å². The van der Waals surface area contributed by atoms with Crippen LogP contribution in [0, 0.1) is 0 Å². The van der Waals surface area contributed by atoms with Gasteiger partial charge in [0.25, 0.3) is 0 Å². The van der Waals surface area contributed by atoms with Crippen LogP contribution >= 0.6 is 0 Å². The molecule has 0 radical (unpaired) electrons. The van der Waals surface area contributed by atoms with Gasteiger partial charge in [-0.25, -0.2) is 4.79 Å². The van der Waals surface area contributed by atoms with Gasteiger partial charge < -0.3 is 9.84 Å². The molecular weight excluding hydrogens is 156 g/mol. The molecule has 0 aliphatic rings. The lowest BCUT2D eigenvalue weighted by Crippen LogP contribution is -2.13. The van der Waals surface area contributed by atoms with Crippen LogP contribution in [0.25, 0.3) is 0 Å². The molecule has 1 unspecified atom stereocenters. The highest BCUT2D eigenvalue weighted by Crippen LogP contribution is 2.01. The first-order valence-electron chi connectivity index (χ1n) is 3.64. The number of carbonyl (C=O) groups is 1. The largest absolute Gasteiger partial charge is 0.433 e. The molecule has 0 spiro atoms. The van der Waals surface area contributed by atoms with Gasteiger partial charge in [0.05, 0.1) is 5.56 Å². The average Bonchev–Trinajstić information content (AvgIpc) is 2.05.